The van der Waals surface area contributed by atoms with Gasteiger partial charge < -0.3 is 105 Å². The second kappa shape index (κ2) is 49.2. The number of hydrogen-bond donors (Lipinski definition) is 1. The second-order valence-corrected chi connectivity index (χ2v) is 37.7. The molecule has 7 aliphatic rings. The molecule has 35 atom stereocenters. The molecule has 0 aromatic heterocycles. The molecule has 22 nitrogen and oxygen atoms in total. The zero-order valence-electron chi connectivity index (χ0n) is 78.8. The van der Waals surface area contributed by atoms with Crippen LogP contribution in [0.4, 0.5) is 0 Å². The minimum Gasteiger partial charge on any atom is -0.388 e. The van der Waals surface area contributed by atoms with Crippen molar-refractivity contribution < 1.29 is 105 Å². The molecule has 0 saturated carbocycles. The average molecular weight is 1800 g/mol. The van der Waals surface area contributed by atoms with Crippen LogP contribution in [0.15, 0.2) is 225 Å². The van der Waals surface area contributed by atoms with Gasteiger partial charge >= 0.3 is 0 Å². The highest BCUT2D eigenvalue weighted by atomic mass is 16.8. The van der Waals surface area contributed by atoms with Crippen LogP contribution in [0, 0.1) is 71.0 Å². The molecule has 0 amide bonds. The van der Waals surface area contributed by atoms with E-state index in [0.717, 1.165) is 45.4 Å². The molecule has 710 valence electrons. The lowest BCUT2D eigenvalue weighted by Gasteiger charge is -2.53. The first-order chi connectivity index (χ1) is 63.2. The number of aliphatic hydroxyl groups excluding tert-OH is 1. The molecule has 7 aromatic rings. The van der Waals surface area contributed by atoms with Gasteiger partial charge in [0.1, 0.15) is 48.8 Å². The van der Waals surface area contributed by atoms with Crippen molar-refractivity contribution in [3.8, 4) is 0 Å². The van der Waals surface area contributed by atoms with E-state index >= 15 is 0 Å². The Kier molecular flexibility index (Phi) is 37.6. The highest BCUT2D eigenvalue weighted by molar-refractivity contribution is 5.19. The largest absolute Gasteiger partial charge is 0.388 e. The molecule has 0 aliphatic carbocycles. The van der Waals surface area contributed by atoms with Crippen LogP contribution in [0.5, 0.6) is 0 Å². The number of benzene rings is 7. The van der Waals surface area contributed by atoms with E-state index in [9.17, 15) is 5.11 Å². The Hall–Kier alpha value is -6.60. The molecule has 7 saturated heterocycles. The van der Waals surface area contributed by atoms with E-state index in [0.29, 0.717) is 46.1 Å². The molecule has 22 heteroatoms. The first-order valence-electron chi connectivity index (χ1n) is 48.0. The second-order valence-electron chi connectivity index (χ2n) is 37.7. The summed E-state index contributed by atoms with van der Waals surface area (Å²) >= 11 is 0. The SMILES string of the molecule is C=CCO[C@H]1OC(CO[C@@H]2OC(COCc3ccccc3)[C@@H](C)[C@H](C)C2O)[C@@H](O[C@@H]2OC(COCc3ccccc3)[C@@H](C)[C@H](C)C2O[C@@H]2OC(CC)[C@@H](O[C@@H]3OC(COCc4ccccc4)[C@H](O[C@H]4OC(COCc5ccccc5)[C@H](C)[C@H](C)C4C)[C@H](C)C3OCc3ccccc3)[C@H](C)C2OCc2ccccc2)[C@H](O[C@@H]2OC(CC)[C@@H](C)[C@H](C)C2OCc2ccccc2)C1C. The molecule has 0 spiro atoms. The topological polar surface area (TPSA) is 214 Å². The van der Waals surface area contributed by atoms with Gasteiger partial charge in [0.05, 0.1) is 135 Å². The fraction of sp³-hybridized carbons (Fsp3) is 0.593. The number of aliphatic hydroxyl groups is 1. The molecule has 130 heavy (non-hydrogen) atoms. The monoisotopic (exact) mass is 1800 g/mol. The van der Waals surface area contributed by atoms with Gasteiger partial charge in [-0.25, -0.2) is 0 Å². The molecular formula is C108H146O22. The molecule has 7 aromatic carbocycles. The highest BCUT2D eigenvalue weighted by Gasteiger charge is 2.58. The van der Waals surface area contributed by atoms with Crippen LogP contribution in [0.2, 0.25) is 0 Å². The fourth-order valence-electron chi connectivity index (χ4n) is 19.6. The van der Waals surface area contributed by atoms with E-state index in [1.807, 2.05) is 153 Å². The normalized spacial score (nSPS) is 36.6. The third kappa shape index (κ3) is 25.8. The summed E-state index contributed by atoms with van der Waals surface area (Å²) in [5, 5.41) is 12.3. The van der Waals surface area contributed by atoms with Crippen LogP contribution in [0.3, 0.4) is 0 Å². The maximum atomic E-state index is 12.3. The van der Waals surface area contributed by atoms with Crippen LogP contribution in [-0.4, -0.2) is 186 Å². The predicted molar refractivity (Wildman–Crippen MR) is 493 cm³/mol. The summed E-state index contributed by atoms with van der Waals surface area (Å²) in [5.74, 6) is -1.78. The lowest BCUT2D eigenvalue weighted by atomic mass is 9.79. The van der Waals surface area contributed by atoms with Gasteiger partial charge in [-0.1, -0.05) is 315 Å². The van der Waals surface area contributed by atoms with Gasteiger partial charge in [-0.15, -0.1) is 6.58 Å². The average Bonchev–Trinajstić information content (AvgIpc) is 0.766. The lowest BCUT2D eigenvalue weighted by molar-refractivity contribution is -0.398. The Bertz CT molecular complexity index is 4340. The molecule has 0 radical (unpaired) electrons. The summed E-state index contributed by atoms with van der Waals surface area (Å²) in [6.07, 6.45) is -14.8. The maximum absolute atomic E-state index is 12.3. The molecule has 7 heterocycles. The molecule has 14 unspecified atom stereocenters. The summed E-state index contributed by atoms with van der Waals surface area (Å²) in [4.78, 5) is 0. The Morgan fingerprint density at radius 3 is 0.962 bits per heavy atom. The van der Waals surface area contributed by atoms with E-state index < -0.39 is 141 Å². The Morgan fingerprint density at radius 2 is 0.531 bits per heavy atom. The minimum absolute atomic E-state index is 0.000113. The lowest BCUT2D eigenvalue weighted by Crippen LogP contribution is -2.65. The van der Waals surface area contributed by atoms with E-state index in [1.165, 1.54) is 0 Å². The summed E-state index contributed by atoms with van der Waals surface area (Å²) in [6, 6.07) is 71.1. The van der Waals surface area contributed by atoms with Crippen molar-refractivity contribution in [2.45, 2.75) is 298 Å². The number of ether oxygens (including phenoxy) is 21. The highest BCUT2D eigenvalue weighted by Crippen LogP contribution is 2.47. The Morgan fingerprint density at radius 1 is 0.238 bits per heavy atom. The van der Waals surface area contributed by atoms with Crippen LogP contribution < -0.4 is 0 Å². The van der Waals surface area contributed by atoms with Crippen molar-refractivity contribution in [2.24, 2.45) is 71.0 Å². The quantitative estimate of drug-likeness (QED) is 0.0352. The molecule has 7 fully saturated rings. The van der Waals surface area contributed by atoms with Crippen molar-refractivity contribution in [3.05, 3.63) is 264 Å². The van der Waals surface area contributed by atoms with Gasteiger partial charge in [0.2, 0.25) is 0 Å². The molecule has 0 bridgehead atoms. The molecule has 7 aliphatic heterocycles. The van der Waals surface area contributed by atoms with Crippen molar-refractivity contribution >= 4 is 0 Å². The van der Waals surface area contributed by atoms with Gasteiger partial charge in [0.25, 0.3) is 0 Å². The predicted octanol–water partition coefficient (Wildman–Crippen LogP) is 18.6. The van der Waals surface area contributed by atoms with Crippen LogP contribution in [0.1, 0.15) is 149 Å². The molecule has 14 rings (SSSR count). The van der Waals surface area contributed by atoms with Gasteiger partial charge in [-0.2, -0.15) is 0 Å². The number of hydrogen-bond acceptors (Lipinski definition) is 22. The van der Waals surface area contributed by atoms with E-state index in [4.69, 9.17) is 99.5 Å². The van der Waals surface area contributed by atoms with Gasteiger partial charge in [0.15, 0.2) is 44.0 Å². The fourth-order valence-corrected chi connectivity index (χ4v) is 19.6. The van der Waals surface area contributed by atoms with Gasteiger partial charge in [-0.3, -0.25) is 0 Å². The first-order valence-corrected chi connectivity index (χ1v) is 48.0. The van der Waals surface area contributed by atoms with Gasteiger partial charge in [0, 0.05) is 23.7 Å². The Labute approximate surface area is 772 Å². The van der Waals surface area contributed by atoms with Crippen molar-refractivity contribution in [1.29, 1.82) is 0 Å². The summed E-state index contributed by atoms with van der Waals surface area (Å²) in [7, 11) is 0. The smallest absolute Gasteiger partial charge is 0.185 e. The van der Waals surface area contributed by atoms with Crippen LogP contribution in [0.25, 0.3) is 0 Å². The van der Waals surface area contributed by atoms with E-state index in [-0.39, 0.29) is 118 Å². The zero-order valence-corrected chi connectivity index (χ0v) is 78.8. The first kappa shape index (κ1) is 99.4. The van der Waals surface area contributed by atoms with E-state index in [2.05, 4.69) is 162 Å². The van der Waals surface area contributed by atoms with Crippen LogP contribution >= 0.6 is 0 Å². The summed E-state index contributed by atoms with van der Waals surface area (Å²) in [6.45, 7) is 37.7. The maximum Gasteiger partial charge on any atom is 0.185 e. The third-order valence-electron chi connectivity index (χ3n) is 28.9. The number of rotatable bonds is 43. The summed E-state index contributed by atoms with van der Waals surface area (Å²) in [5.41, 5.74) is 7.13. The molecule has 1 N–H and O–H groups in total. The van der Waals surface area contributed by atoms with E-state index in [1.54, 1.807) is 6.08 Å². The standard InChI is InChI=1S/C108H146O22/c1-16-54-114-102-78(15)96(128-105-97(73(10)70(7)86(17-2)119-105)115-59-83-48-34-23-35-49-83)101(92(124-102)66-118-104-93(109)72(9)69(6)89(122-104)63-111-56-80-42-28-20-29-43-80)130-108-100(74(11)71(8)90(123-108)64-112-57-81-44-30-21-31-45-81)129-106-98(116-60-84-50-36-24-37-51-84)76(13)94(87(18-3)120-106)127-107-99(117-61-85-52-38-25-39-53-85)77(14)95(91(125-107)65-113-58-82-46-32-22-33-47-82)126-103-75(12)67(4)68(5)88(121-103)62-110-55-79-40-26-19-27-41-79/h16,19-53,67-78,86-109H,1,17-18,54-66H2,2-15H3/t67-,68+,69-,70-,71-,72-,73-,74-,75?,76-,77-,78?,86?,87?,88?,89?,90?,91?,92?,93?,94-,95+,96+,97?,98?,99?,100?,101+,102-,103+,104+,105-,106-,107-,108-/m0/s1. The zero-order chi connectivity index (χ0) is 91.2. The van der Waals surface area contributed by atoms with Crippen molar-refractivity contribution in [1.82, 2.24) is 0 Å². The van der Waals surface area contributed by atoms with Crippen LogP contribution in [-0.2, 0) is 146 Å². The summed E-state index contributed by atoms with van der Waals surface area (Å²) < 4.78 is 152. The minimum atomic E-state index is -1.20. The van der Waals surface area contributed by atoms with Gasteiger partial charge in [-0.05, 0) is 99.1 Å². The van der Waals surface area contributed by atoms with Crippen molar-refractivity contribution in [2.75, 3.05) is 39.6 Å². The van der Waals surface area contributed by atoms with Crippen molar-refractivity contribution in [3.63, 3.8) is 0 Å². The Balaban J connectivity index is 0.807. The molecular weight excluding hydrogens is 1650 g/mol. The third-order valence-corrected chi connectivity index (χ3v) is 28.9.